The quantitative estimate of drug-likeness (QED) is 0.895. The lowest BCUT2D eigenvalue weighted by Crippen LogP contribution is -2.36. The van der Waals surface area contributed by atoms with Crippen LogP contribution >= 0.6 is 0 Å². The maximum absolute atomic E-state index is 11.5. The van der Waals surface area contributed by atoms with Gasteiger partial charge in [-0.2, -0.15) is 0 Å². The molecule has 0 radical (unpaired) electrons. The van der Waals surface area contributed by atoms with Crippen LogP contribution in [-0.4, -0.2) is 33.1 Å². The molecule has 106 valence electrons. The first-order valence-corrected chi connectivity index (χ1v) is 8.51. The molecule has 0 amide bonds. The van der Waals surface area contributed by atoms with Crippen molar-refractivity contribution < 1.29 is 13.2 Å². The van der Waals surface area contributed by atoms with Gasteiger partial charge in [0.2, 0.25) is 0 Å². The van der Waals surface area contributed by atoms with Crippen LogP contribution in [0.3, 0.4) is 0 Å². The second-order valence-electron chi connectivity index (χ2n) is 4.99. The minimum absolute atomic E-state index is 0.164. The number of nitrogens with one attached hydrogen (secondary N) is 1. The minimum Gasteiger partial charge on any atom is -0.493 e. The first-order valence-electron chi connectivity index (χ1n) is 6.69. The molecule has 1 aliphatic heterocycles. The van der Waals surface area contributed by atoms with Gasteiger partial charge in [0.15, 0.2) is 9.84 Å². The topological polar surface area (TPSA) is 55.4 Å². The molecular formula is C14H21NO3S. The van der Waals surface area contributed by atoms with Gasteiger partial charge in [0, 0.05) is 29.8 Å². The summed E-state index contributed by atoms with van der Waals surface area (Å²) in [5, 5.41) is 3.36. The average molecular weight is 283 g/mol. The van der Waals surface area contributed by atoms with Gasteiger partial charge in [-0.05, 0) is 6.07 Å². The van der Waals surface area contributed by atoms with Crippen LogP contribution in [0.5, 0.6) is 5.75 Å². The van der Waals surface area contributed by atoms with Gasteiger partial charge in [-0.15, -0.1) is 0 Å². The Bertz CT molecular complexity index is 527. The van der Waals surface area contributed by atoms with Gasteiger partial charge in [0.25, 0.3) is 0 Å². The predicted molar refractivity (Wildman–Crippen MR) is 76.2 cm³/mol. The lowest BCUT2D eigenvalue weighted by atomic mass is 9.92. The van der Waals surface area contributed by atoms with E-state index >= 15 is 0 Å². The molecule has 1 N–H and O–H groups in total. The summed E-state index contributed by atoms with van der Waals surface area (Å²) < 4.78 is 28.7. The Morgan fingerprint density at radius 2 is 2.11 bits per heavy atom. The van der Waals surface area contributed by atoms with Gasteiger partial charge < -0.3 is 10.1 Å². The Hall–Kier alpha value is -1.07. The van der Waals surface area contributed by atoms with E-state index in [0.29, 0.717) is 19.1 Å². The van der Waals surface area contributed by atoms with Crippen LogP contribution in [0.15, 0.2) is 24.3 Å². The first-order chi connectivity index (χ1) is 9.03. The van der Waals surface area contributed by atoms with E-state index in [1.165, 1.54) is 0 Å². The Balaban J connectivity index is 2.04. The fourth-order valence-electron chi connectivity index (χ4n) is 2.32. The molecule has 0 aliphatic carbocycles. The molecule has 2 atom stereocenters. The van der Waals surface area contributed by atoms with Gasteiger partial charge in [-0.25, -0.2) is 8.42 Å². The minimum atomic E-state index is -2.91. The summed E-state index contributed by atoms with van der Waals surface area (Å²) in [7, 11) is -2.91. The highest BCUT2D eigenvalue weighted by Gasteiger charge is 2.27. The van der Waals surface area contributed by atoms with E-state index in [0.717, 1.165) is 11.3 Å². The summed E-state index contributed by atoms with van der Waals surface area (Å²) in [6.07, 6.45) is 0. The van der Waals surface area contributed by atoms with Gasteiger partial charge >= 0.3 is 0 Å². The zero-order chi connectivity index (χ0) is 13.9. The highest BCUT2D eigenvalue weighted by atomic mass is 32.2. The normalized spacial score (nSPS) is 22.6. The molecule has 2 unspecified atom stereocenters. The molecule has 0 saturated carbocycles. The van der Waals surface area contributed by atoms with E-state index in [2.05, 4.69) is 12.2 Å². The number of sulfone groups is 1. The van der Waals surface area contributed by atoms with Gasteiger partial charge in [0.05, 0.1) is 12.4 Å². The molecular weight excluding hydrogens is 262 g/mol. The van der Waals surface area contributed by atoms with Crippen molar-refractivity contribution in [3.05, 3.63) is 29.8 Å². The fourth-order valence-corrected chi connectivity index (χ4v) is 3.04. The molecule has 1 aromatic carbocycles. The highest BCUT2D eigenvalue weighted by molar-refractivity contribution is 7.91. The maximum atomic E-state index is 11.5. The van der Waals surface area contributed by atoms with Gasteiger partial charge in [-0.1, -0.05) is 32.0 Å². The van der Waals surface area contributed by atoms with Crippen molar-refractivity contribution >= 4 is 9.84 Å². The summed E-state index contributed by atoms with van der Waals surface area (Å²) in [4.78, 5) is 0. The third kappa shape index (κ3) is 3.48. The second-order valence-corrected chi connectivity index (χ2v) is 7.47. The largest absolute Gasteiger partial charge is 0.493 e. The van der Waals surface area contributed by atoms with Crippen molar-refractivity contribution in [2.24, 2.45) is 5.92 Å². The van der Waals surface area contributed by atoms with E-state index in [1.54, 1.807) is 6.92 Å². The standard InChI is InChI=1S/C14H21NO3S/c1-3-19(16,17)9-8-15-14-11(2)10-18-13-7-5-4-6-12(13)14/h4-7,11,14-15H,3,8-10H2,1-2H3. The van der Waals surface area contributed by atoms with Crippen molar-refractivity contribution in [2.45, 2.75) is 19.9 Å². The monoisotopic (exact) mass is 283 g/mol. The number of rotatable bonds is 5. The second kappa shape index (κ2) is 5.92. The first kappa shape index (κ1) is 14.3. The van der Waals surface area contributed by atoms with E-state index in [4.69, 9.17) is 4.74 Å². The van der Waals surface area contributed by atoms with Gasteiger partial charge in [0.1, 0.15) is 5.75 Å². The predicted octanol–water partition coefficient (Wildman–Crippen LogP) is 1.78. The number of hydrogen-bond acceptors (Lipinski definition) is 4. The third-order valence-electron chi connectivity index (χ3n) is 3.54. The lowest BCUT2D eigenvalue weighted by Gasteiger charge is -2.32. The zero-order valence-electron chi connectivity index (χ0n) is 11.4. The lowest BCUT2D eigenvalue weighted by molar-refractivity contribution is 0.190. The van der Waals surface area contributed by atoms with Crippen LogP contribution in [0.25, 0.3) is 0 Å². The number of hydrogen-bond donors (Lipinski definition) is 1. The number of ether oxygens (including phenoxy) is 1. The van der Waals surface area contributed by atoms with Crippen LogP contribution in [0.2, 0.25) is 0 Å². The Kier molecular flexibility index (Phi) is 4.47. The van der Waals surface area contributed by atoms with E-state index < -0.39 is 9.84 Å². The Morgan fingerprint density at radius 1 is 1.37 bits per heavy atom. The summed E-state index contributed by atoms with van der Waals surface area (Å²) in [5.74, 6) is 1.63. The third-order valence-corrected chi connectivity index (χ3v) is 5.25. The number of fused-ring (bicyclic) bond motifs is 1. The smallest absolute Gasteiger partial charge is 0.151 e. The molecule has 1 aliphatic rings. The molecule has 1 heterocycles. The maximum Gasteiger partial charge on any atom is 0.151 e. The summed E-state index contributed by atoms with van der Waals surface area (Å²) in [6.45, 7) is 4.94. The van der Waals surface area contributed by atoms with Crippen LogP contribution in [-0.2, 0) is 9.84 Å². The molecule has 0 bridgehead atoms. The molecule has 4 nitrogen and oxygen atoms in total. The van der Waals surface area contributed by atoms with E-state index in [9.17, 15) is 8.42 Å². The summed E-state index contributed by atoms with van der Waals surface area (Å²) in [5.41, 5.74) is 1.12. The molecule has 0 fully saturated rings. The number of benzene rings is 1. The zero-order valence-corrected chi connectivity index (χ0v) is 12.2. The molecule has 1 aromatic rings. The Labute approximate surface area is 115 Å². The van der Waals surface area contributed by atoms with Crippen LogP contribution in [0.1, 0.15) is 25.5 Å². The molecule has 19 heavy (non-hydrogen) atoms. The van der Waals surface area contributed by atoms with Crippen LogP contribution < -0.4 is 10.1 Å². The fraction of sp³-hybridized carbons (Fsp3) is 0.571. The van der Waals surface area contributed by atoms with Crippen molar-refractivity contribution in [1.82, 2.24) is 5.32 Å². The molecule has 0 saturated heterocycles. The van der Waals surface area contributed by atoms with Crippen molar-refractivity contribution in [1.29, 1.82) is 0 Å². The van der Waals surface area contributed by atoms with Crippen molar-refractivity contribution in [3.8, 4) is 5.75 Å². The molecule has 0 spiro atoms. The summed E-state index contributed by atoms with van der Waals surface area (Å²) in [6, 6.07) is 8.10. The molecule has 0 aromatic heterocycles. The van der Waals surface area contributed by atoms with Crippen molar-refractivity contribution in [2.75, 3.05) is 24.7 Å². The molecule has 5 heteroatoms. The van der Waals surface area contributed by atoms with E-state index in [1.807, 2.05) is 24.3 Å². The average Bonchev–Trinajstić information content (AvgIpc) is 2.41. The van der Waals surface area contributed by atoms with E-state index in [-0.39, 0.29) is 17.5 Å². The van der Waals surface area contributed by atoms with Crippen LogP contribution in [0, 0.1) is 5.92 Å². The van der Waals surface area contributed by atoms with Crippen LogP contribution in [0.4, 0.5) is 0 Å². The summed E-state index contributed by atoms with van der Waals surface area (Å²) >= 11 is 0. The SMILES string of the molecule is CCS(=O)(=O)CCNC1c2ccccc2OCC1C. The van der Waals surface area contributed by atoms with Crippen molar-refractivity contribution in [3.63, 3.8) is 0 Å². The number of para-hydroxylation sites is 1. The Morgan fingerprint density at radius 3 is 2.84 bits per heavy atom. The highest BCUT2D eigenvalue weighted by Crippen LogP contribution is 2.34. The molecule has 2 rings (SSSR count). The van der Waals surface area contributed by atoms with Gasteiger partial charge in [-0.3, -0.25) is 0 Å².